The van der Waals surface area contributed by atoms with Gasteiger partial charge in [-0.2, -0.15) is 0 Å². The molecule has 0 amide bonds. The maximum atomic E-state index is 13.5. The fourth-order valence-corrected chi connectivity index (χ4v) is 1.55. The number of H-pyrrole nitrogens is 1. The zero-order chi connectivity index (χ0) is 11.0. The van der Waals surface area contributed by atoms with Crippen LogP contribution in [0, 0.1) is 12.7 Å². The first-order valence-corrected chi connectivity index (χ1v) is 4.49. The van der Waals surface area contributed by atoms with E-state index in [1.807, 2.05) is 0 Å². The molecule has 15 heavy (non-hydrogen) atoms. The van der Waals surface area contributed by atoms with Crippen molar-refractivity contribution < 1.29 is 13.9 Å². The Morgan fingerprint density at radius 2 is 2.13 bits per heavy atom. The lowest BCUT2D eigenvalue weighted by atomic mass is 10.2. The molecule has 1 aromatic carbocycles. The Morgan fingerprint density at radius 1 is 1.40 bits per heavy atom. The van der Waals surface area contributed by atoms with Crippen LogP contribution < -0.4 is 0 Å². The highest BCUT2D eigenvalue weighted by Crippen LogP contribution is 2.21. The molecule has 0 unspecified atom stereocenters. The molecule has 78 valence electrons. The number of aromatic amines is 1. The van der Waals surface area contributed by atoms with Gasteiger partial charge >= 0.3 is 5.97 Å². The van der Waals surface area contributed by atoms with Gasteiger partial charge in [-0.3, -0.25) is 0 Å². The minimum absolute atomic E-state index is 0.261. The molecular weight excluding hydrogens is 197 g/mol. The molecule has 0 atom stereocenters. The Balaban J connectivity index is 2.65. The molecule has 1 N–H and O–H groups in total. The van der Waals surface area contributed by atoms with Gasteiger partial charge in [0.2, 0.25) is 0 Å². The van der Waals surface area contributed by atoms with Crippen molar-refractivity contribution in [2.75, 3.05) is 7.11 Å². The molecule has 0 aliphatic carbocycles. The summed E-state index contributed by atoms with van der Waals surface area (Å²) in [6, 6.07) is 4.66. The lowest BCUT2D eigenvalue weighted by Gasteiger charge is -1.94. The van der Waals surface area contributed by atoms with E-state index in [-0.39, 0.29) is 11.5 Å². The molecule has 0 aliphatic heterocycles. The van der Waals surface area contributed by atoms with Gasteiger partial charge in [0, 0.05) is 10.9 Å². The zero-order valence-corrected chi connectivity index (χ0v) is 8.43. The Morgan fingerprint density at radius 3 is 2.80 bits per heavy atom. The van der Waals surface area contributed by atoms with E-state index in [1.165, 1.54) is 19.2 Å². The third kappa shape index (κ3) is 1.58. The van der Waals surface area contributed by atoms with E-state index < -0.39 is 5.97 Å². The predicted molar refractivity (Wildman–Crippen MR) is 54.3 cm³/mol. The number of aromatic nitrogens is 1. The number of ether oxygens (including phenoxy) is 1. The van der Waals surface area contributed by atoms with E-state index in [4.69, 9.17) is 0 Å². The molecule has 2 rings (SSSR count). The van der Waals surface area contributed by atoms with Gasteiger partial charge in [-0.25, -0.2) is 9.18 Å². The number of benzene rings is 1. The number of esters is 1. The molecule has 1 heterocycles. The second-order valence-corrected chi connectivity index (χ2v) is 3.38. The van der Waals surface area contributed by atoms with Crippen LogP contribution in [0.2, 0.25) is 0 Å². The number of carbonyl (C=O) groups excluding carboxylic acids is 1. The molecule has 0 bridgehead atoms. The van der Waals surface area contributed by atoms with Crippen molar-refractivity contribution in [2.45, 2.75) is 6.92 Å². The van der Waals surface area contributed by atoms with E-state index in [9.17, 15) is 9.18 Å². The topological polar surface area (TPSA) is 42.1 Å². The van der Waals surface area contributed by atoms with Crippen molar-refractivity contribution >= 4 is 16.9 Å². The van der Waals surface area contributed by atoms with Crippen LogP contribution in [0.25, 0.3) is 10.9 Å². The third-order valence-electron chi connectivity index (χ3n) is 2.24. The standard InChI is InChI=1S/C11H10FNO2/c1-6-3-8(12)7-5-10(11(14)15-2)13-9(7)4-6/h3-5,13H,1-2H3. The Kier molecular flexibility index (Phi) is 2.19. The first-order valence-electron chi connectivity index (χ1n) is 4.49. The van der Waals surface area contributed by atoms with Crippen LogP contribution in [0.3, 0.4) is 0 Å². The van der Waals surface area contributed by atoms with Crippen LogP contribution in [0.15, 0.2) is 18.2 Å². The van der Waals surface area contributed by atoms with E-state index in [1.54, 1.807) is 13.0 Å². The van der Waals surface area contributed by atoms with Crippen LogP contribution in [-0.4, -0.2) is 18.1 Å². The fraction of sp³-hybridized carbons (Fsp3) is 0.182. The van der Waals surface area contributed by atoms with Gasteiger partial charge in [-0.05, 0) is 30.7 Å². The normalized spacial score (nSPS) is 10.6. The molecule has 3 nitrogen and oxygen atoms in total. The van der Waals surface area contributed by atoms with Gasteiger partial charge in [0.25, 0.3) is 0 Å². The summed E-state index contributed by atoms with van der Waals surface area (Å²) < 4.78 is 18.0. The van der Waals surface area contributed by atoms with Crippen molar-refractivity contribution in [3.63, 3.8) is 0 Å². The number of hydrogen-bond acceptors (Lipinski definition) is 2. The highest BCUT2D eigenvalue weighted by molar-refractivity contribution is 5.95. The van der Waals surface area contributed by atoms with E-state index in [2.05, 4.69) is 9.72 Å². The first-order chi connectivity index (χ1) is 7.11. The summed E-state index contributed by atoms with van der Waals surface area (Å²) in [5.41, 5.74) is 1.67. The van der Waals surface area contributed by atoms with Crippen molar-refractivity contribution in [1.29, 1.82) is 0 Å². The summed E-state index contributed by atoms with van der Waals surface area (Å²) in [6.45, 7) is 1.79. The first kappa shape index (κ1) is 9.71. The Bertz CT molecular complexity index is 531. The minimum Gasteiger partial charge on any atom is -0.464 e. The van der Waals surface area contributed by atoms with Crippen molar-refractivity contribution in [2.24, 2.45) is 0 Å². The van der Waals surface area contributed by atoms with Gasteiger partial charge in [-0.1, -0.05) is 0 Å². The molecule has 0 fully saturated rings. The number of nitrogens with one attached hydrogen (secondary N) is 1. The van der Waals surface area contributed by atoms with E-state index >= 15 is 0 Å². The van der Waals surface area contributed by atoms with Crippen molar-refractivity contribution in [1.82, 2.24) is 4.98 Å². The Labute approximate surface area is 85.9 Å². The molecule has 0 spiro atoms. The average molecular weight is 207 g/mol. The summed E-state index contributed by atoms with van der Waals surface area (Å²) in [7, 11) is 1.29. The highest BCUT2D eigenvalue weighted by Gasteiger charge is 2.11. The van der Waals surface area contributed by atoms with Gasteiger partial charge < -0.3 is 9.72 Å². The Hall–Kier alpha value is -1.84. The number of halogens is 1. The quantitative estimate of drug-likeness (QED) is 0.729. The molecule has 0 aliphatic rings. The minimum atomic E-state index is -0.497. The number of rotatable bonds is 1. The highest BCUT2D eigenvalue weighted by atomic mass is 19.1. The maximum absolute atomic E-state index is 13.5. The monoisotopic (exact) mass is 207 g/mol. The molecule has 0 saturated carbocycles. The second kappa shape index (κ2) is 3.38. The third-order valence-corrected chi connectivity index (χ3v) is 2.24. The SMILES string of the molecule is COC(=O)c1cc2c(F)cc(C)cc2[nH]1. The van der Waals surface area contributed by atoms with E-state index in [0.29, 0.717) is 10.9 Å². The summed E-state index contributed by atoms with van der Waals surface area (Å²) in [5.74, 6) is -0.834. The van der Waals surface area contributed by atoms with Crippen molar-refractivity contribution in [3.8, 4) is 0 Å². The van der Waals surface area contributed by atoms with Crippen molar-refractivity contribution in [3.05, 3.63) is 35.3 Å². The van der Waals surface area contributed by atoms with Gasteiger partial charge in [0.1, 0.15) is 11.5 Å². The lowest BCUT2D eigenvalue weighted by molar-refractivity contribution is 0.0595. The summed E-state index contributed by atoms with van der Waals surface area (Å²) in [5, 5.41) is 0.404. The molecule has 2 aromatic rings. The lowest BCUT2D eigenvalue weighted by Crippen LogP contribution is -2.00. The number of fused-ring (bicyclic) bond motifs is 1. The molecule has 0 saturated heterocycles. The van der Waals surface area contributed by atoms with Gasteiger partial charge in [0.05, 0.1) is 7.11 Å². The number of carbonyl (C=O) groups is 1. The number of methoxy groups -OCH3 is 1. The smallest absolute Gasteiger partial charge is 0.354 e. The van der Waals surface area contributed by atoms with Gasteiger partial charge in [0.15, 0.2) is 0 Å². The molecular formula is C11H10FNO2. The van der Waals surface area contributed by atoms with Gasteiger partial charge in [-0.15, -0.1) is 0 Å². The van der Waals surface area contributed by atoms with Crippen LogP contribution >= 0.6 is 0 Å². The van der Waals surface area contributed by atoms with Crippen LogP contribution in [0.1, 0.15) is 16.1 Å². The molecule has 4 heteroatoms. The average Bonchev–Trinajstić information content (AvgIpc) is 2.60. The zero-order valence-electron chi connectivity index (χ0n) is 8.43. The summed E-state index contributed by atoms with van der Waals surface area (Å²) in [4.78, 5) is 14.0. The largest absolute Gasteiger partial charge is 0.464 e. The number of aryl methyl sites for hydroxylation is 1. The predicted octanol–water partition coefficient (Wildman–Crippen LogP) is 2.40. The fourth-order valence-electron chi connectivity index (χ4n) is 1.55. The van der Waals surface area contributed by atoms with Crippen LogP contribution in [0.5, 0.6) is 0 Å². The van der Waals surface area contributed by atoms with Crippen LogP contribution in [-0.2, 0) is 4.74 Å². The maximum Gasteiger partial charge on any atom is 0.354 e. The second-order valence-electron chi connectivity index (χ2n) is 3.38. The molecule has 0 radical (unpaired) electrons. The van der Waals surface area contributed by atoms with E-state index in [0.717, 1.165) is 5.56 Å². The molecule has 1 aromatic heterocycles. The summed E-state index contributed by atoms with van der Waals surface area (Å²) >= 11 is 0. The number of hydrogen-bond donors (Lipinski definition) is 1. The summed E-state index contributed by atoms with van der Waals surface area (Å²) in [6.07, 6.45) is 0. The van der Waals surface area contributed by atoms with Crippen LogP contribution in [0.4, 0.5) is 4.39 Å².